The maximum atomic E-state index is 12.7. The Hall–Kier alpha value is -2.39. The molecule has 2 unspecified atom stereocenters. The number of hydrogen-bond donors (Lipinski definition) is 1. The number of nitrogens with zero attached hydrogens (tertiary/aromatic N) is 4. The zero-order chi connectivity index (χ0) is 21.1. The molecule has 164 valence electrons. The first-order chi connectivity index (χ1) is 15.1. The molecule has 2 N–H and O–H groups in total. The standard InChI is InChI=1S/C22H25F2N5O2/c23-22(24)31-18-5-12(7-26-20(18)25)16-6-17(28-21(27-16)11-1-2-11)19-14-8-29(9-15(14)19)13-3-4-30-10-13/h5-7,11,13-15,19,22H,1-4,8-10H2,(H2,25,26)/t13?,14-,15+,19?. The molecule has 7 nitrogen and oxygen atoms in total. The Morgan fingerprint density at radius 2 is 1.94 bits per heavy atom. The second-order valence-corrected chi connectivity index (χ2v) is 9.12. The molecule has 6 rings (SSSR count). The maximum Gasteiger partial charge on any atom is 0.387 e. The summed E-state index contributed by atoms with van der Waals surface area (Å²) in [5.74, 6) is 2.74. The molecule has 4 fully saturated rings. The van der Waals surface area contributed by atoms with Crippen molar-refractivity contribution < 1.29 is 18.3 Å². The third-order valence-corrected chi connectivity index (χ3v) is 7.09. The Kier molecular flexibility index (Phi) is 4.57. The van der Waals surface area contributed by atoms with Crippen LogP contribution in [0.25, 0.3) is 11.3 Å². The topological polar surface area (TPSA) is 86.4 Å². The molecule has 0 bridgehead atoms. The highest BCUT2D eigenvalue weighted by Crippen LogP contribution is 2.58. The van der Waals surface area contributed by atoms with Gasteiger partial charge < -0.3 is 15.2 Å². The molecule has 4 heterocycles. The minimum absolute atomic E-state index is 0.0616. The number of rotatable bonds is 6. The quantitative estimate of drug-likeness (QED) is 0.755. The average molecular weight is 429 g/mol. The third kappa shape index (κ3) is 3.63. The minimum Gasteiger partial charge on any atom is -0.431 e. The zero-order valence-electron chi connectivity index (χ0n) is 17.1. The van der Waals surface area contributed by atoms with Crippen LogP contribution in [-0.4, -0.2) is 58.8 Å². The number of nitrogen functional groups attached to an aromatic ring is 1. The monoisotopic (exact) mass is 429 g/mol. The molecule has 2 saturated heterocycles. The average Bonchev–Trinajstić information content (AvgIpc) is 3.60. The molecule has 2 aliphatic heterocycles. The molecule has 0 radical (unpaired) electrons. The van der Waals surface area contributed by atoms with E-state index in [1.165, 1.54) is 6.07 Å². The van der Waals surface area contributed by atoms with E-state index in [2.05, 4.69) is 14.6 Å². The molecule has 31 heavy (non-hydrogen) atoms. The number of ether oxygens (including phenoxy) is 2. The van der Waals surface area contributed by atoms with E-state index in [0.29, 0.717) is 41.0 Å². The summed E-state index contributed by atoms with van der Waals surface area (Å²) in [6.07, 6.45) is 4.87. The number of likely N-dealkylation sites (tertiary alicyclic amines) is 1. The SMILES string of the molecule is Nc1ncc(-c2cc(C3[C@H]4CN(C5CCOC5)C[C@@H]34)nc(C3CC3)n2)cc1OC(F)F. The van der Waals surface area contributed by atoms with Crippen LogP contribution >= 0.6 is 0 Å². The normalized spacial score (nSPS) is 30.0. The van der Waals surface area contributed by atoms with Crippen molar-refractivity contribution in [1.29, 1.82) is 0 Å². The lowest BCUT2D eigenvalue weighted by Gasteiger charge is -2.25. The second kappa shape index (κ2) is 7.34. The first kappa shape index (κ1) is 19.3. The van der Waals surface area contributed by atoms with Gasteiger partial charge in [0.1, 0.15) is 5.82 Å². The summed E-state index contributed by atoms with van der Waals surface area (Å²) in [4.78, 5) is 16.3. The van der Waals surface area contributed by atoms with Gasteiger partial charge in [0.05, 0.1) is 12.3 Å². The Morgan fingerprint density at radius 3 is 2.61 bits per heavy atom. The van der Waals surface area contributed by atoms with Gasteiger partial charge in [0.2, 0.25) is 0 Å². The first-order valence-corrected chi connectivity index (χ1v) is 11.0. The van der Waals surface area contributed by atoms with Gasteiger partial charge in [-0.2, -0.15) is 8.78 Å². The molecule has 4 atom stereocenters. The van der Waals surface area contributed by atoms with Crippen LogP contribution in [0.3, 0.4) is 0 Å². The first-order valence-electron chi connectivity index (χ1n) is 11.0. The largest absolute Gasteiger partial charge is 0.431 e. The maximum absolute atomic E-state index is 12.7. The van der Waals surface area contributed by atoms with Crippen LogP contribution < -0.4 is 10.5 Å². The molecule has 0 spiro atoms. The Balaban J connectivity index is 1.27. The Bertz CT molecular complexity index is 984. The summed E-state index contributed by atoms with van der Waals surface area (Å²) in [5, 5.41) is 0. The zero-order valence-corrected chi connectivity index (χ0v) is 17.1. The number of pyridine rings is 1. The Labute approximate surface area is 179 Å². The number of aromatic nitrogens is 3. The molecule has 2 aliphatic carbocycles. The number of fused-ring (bicyclic) bond motifs is 1. The van der Waals surface area contributed by atoms with Crippen LogP contribution in [0.15, 0.2) is 18.3 Å². The number of alkyl halides is 2. The van der Waals surface area contributed by atoms with Crippen LogP contribution in [-0.2, 0) is 4.74 Å². The van der Waals surface area contributed by atoms with Crippen molar-refractivity contribution in [2.24, 2.45) is 11.8 Å². The van der Waals surface area contributed by atoms with Gasteiger partial charge in [-0.15, -0.1) is 0 Å². The summed E-state index contributed by atoms with van der Waals surface area (Å²) < 4.78 is 35.5. The van der Waals surface area contributed by atoms with Crippen LogP contribution in [0.5, 0.6) is 5.75 Å². The van der Waals surface area contributed by atoms with E-state index in [0.717, 1.165) is 57.1 Å². The molecule has 4 aliphatic rings. The van der Waals surface area contributed by atoms with Crippen LogP contribution in [0.4, 0.5) is 14.6 Å². The number of anilines is 1. The molecular weight excluding hydrogens is 404 g/mol. The van der Waals surface area contributed by atoms with Gasteiger partial charge >= 0.3 is 6.61 Å². The number of piperidine rings is 1. The van der Waals surface area contributed by atoms with E-state index in [-0.39, 0.29) is 11.6 Å². The van der Waals surface area contributed by atoms with Crippen molar-refractivity contribution in [3.05, 3.63) is 29.8 Å². The second-order valence-electron chi connectivity index (χ2n) is 9.12. The minimum atomic E-state index is -2.96. The van der Waals surface area contributed by atoms with E-state index in [4.69, 9.17) is 20.4 Å². The predicted molar refractivity (Wildman–Crippen MR) is 109 cm³/mol. The molecule has 2 saturated carbocycles. The molecule has 9 heteroatoms. The van der Waals surface area contributed by atoms with Gasteiger partial charge in [-0.25, -0.2) is 15.0 Å². The van der Waals surface area contributed by atoms with Gasteiger partial charge in [-0.1, -0.05) is 0 Å². The fourth-order valence-corrected chi connectivity index (χ4v) is 5.22. The number of halogens is 2. The van der Waals surface area contributed by atoms with E-state index in [9.17, 15) is 8.78 Å². The van der Waals surface area contributed by atoms with Gasteiger partial charge in [0.15, 0.2) is 11.6 Å². The molecular formula is C22H25F2N5O2. The lowest BCUT2D eigenvalue weighted by Crippen LogP contribution is -2.35. The highest BCUT2D eigenvalue weighted by Gasteiger charge is 2.58. The van der Waals surface area contributed by atoms with Crippen LogP contribution in [0, 0.1) is 11.8 Å². The van der Waals surface area contributed by atoms with E-state index in [1.807, 2.05) is 6.07 Å². The van der Waals surface area contributed by atoms with E-state index >= 15 is 0 Å². The predicted octanol–water partition coefficient (Wildman–Crippen LogP) is 3.03. The van der Waals surface area contributed by atoms with Gasteiger partial charge in [-0.3, -0.25) is 4.90 Å². The van der Waals surface area contributed by atoms with Crippen molar-refractivity contribution in [2.75, 3.05) is 32.0 Å². The summed E-state index contributed by atoms with van der Waals surface area (Å²) in [5.41, 5.74) is 8.09. The van der Waals surface area contributed by atoms with Crippen molar-refractivity contribution in [2.45, 2.75) is 43.8 Å². The van der Waals surface area contributed by atoms with Crippen molar-refractivity contribution in [3.8, 4) is 17.0 Å². The van der Waals surface area contributed by atoms with E-state index < -0.39 is 6.61 Å². The van der Waals surface area contributed by atoms with Crippen LogP contribution in [0.2, 0.25) is 0 Å². The van der Waals surface area contributed by atoms with Crippen molar-refractivity contribution in [1.82, 2.24) is 19.9 Å². The lowest BCUT2D eigenvalue weighted by molar-refractivity contribution is -0.0494. The summed E-state index contributed by atoms with van der Waals surface area (Å²) in [6.45, 7) is 0.948. The smallest absolute Gasteiger partial charge is 0.387 e. The van der Waals surface area contributed by atoms with Crippen LogP contribution in [0.1, 0.15) is 42.6 Å². The van der Waals surface area contributed by atoms with Gasteiger partial charge in [0.25, 0.3) is 0 Å². The Morgan fingerprint density at radius 1 is 1.13 bits per heavy atom. The van der Waals surface area contributed by atoms with E-state index in [1.54, 1.807) is 6.20 Å². The molecule has 2 aromatic rings. The summed E-state index contributed by atoms with van der Waals surface area (Å²) in [7, 11) is 0. The number of hydrogen-bond acceptors (Lipinski definition) is 7. The molecule has 2 aromatic heterocycles. The van der Waals surface area contributed by atoms with Gasteiger partial charge in [0, 0.05) is 55.0 Å². The highest BCUT2D eigenvalue weighted by atomic mass is 19.3. The summed E-state index contributed by atoms with van der Waals surface area (Å²) in [6, 6.07) is 4.05. The fraction of sp³-hybridized carbons (Fsp3) is 0.591. The lowest BCUT2D eigenvalue weighted by atomic mass is 10.1. The highest BCUT2D eigenvalue weighted by molar-refractivity contribution is 5.64. The van der Waals surface area contributed by atoms with Crippen molar-refractivity contribution in [3.63, 3.8) is 0 Å². The fourth-order valence-electron chi connectivity index (χ4n) is 5.22. The van der Waals surface area contributed by atoms with Gasteiger partial charge in [-0.05, 0) is 43.2 Å². The van der Waals surface area contributed by atoms with Crippen molar-refractivity contribution >= 4 is 5.82 Å². The molecule has 0 aromatic carbocycles. The number of nitrogens with two attached hydrogens (primary N) is 1. The third-order valence-electron chi connectivity index (χ3n) is 7.09. The summed E-state index contributed by atoms with van der Waals surface area (Å²) >= 11 is 0. The molecule has 0 amide bonds.